The van der Waals surface area contributed by atoms with E-state index in [1.807, 2.05) is 0 Å². The van der Waals surface area contributed by atoms with Crippen molar-refractivity contribution in [2.24, 2.45) is 0 Å². The van der Waals surface area contributed by atoms with Crippen molar-refractivity contribution >= 4 is 11.7 Å². The Morgan fingerprint density at radius 3 is 2.30 bits per heavy atom. The molecule has 6 heteroatoms. The van der Waals surface area contributed by atoms with Crippen molar-refractivity contribution in [1.29, 1.82) is 0 Å². The van der Waals surface area contributed by atoms with Gasteiger partial charge in [-0.3, -0.25) is 9.59 Å². The quantitative estimate of drug-likeness (QED) is 0.525. The second-order valence-electron chi connectivity index (χ2n) is 3.94. The van der Waals surface area contributed by atoms with Gasteiger partial charge >= 0.3 is 6.18 Å². The number of carbonyl (C=O) groups is 2. The summed E-state index contributed by atoms with van der Waals surface area (Å²) >= 11 is 0. The minimum absolute atomic E-state index is 0.151. The second kappa shape index (κ2) is 6.75. The van der Waals surface area contributed by atoms with Gasteiger partial charge in [-0.1, -0.05) is 11.8 Å². The van der Waals surface area contributed by atoms with Gasteiger partial charge in [-0.25, -0.2) is 0 Å². The molecule has 0 aromatic heterocycles. The number of Topliss-reactive ketones (excluding diaryl/α,β-unsaturated/α-hetero) is 1. The molecule has 0 saturated carbocycles. The van der Waals surface area contributed by atoms with Crippen LogP contribution in [0.2, 0.25) is 0 Å². The number of alkyl halides is 3. The van der Waals surface area contributed by atoms with Gasteiger partial charge in [0.1, 0.15) is 0 Å². The van der Waals surface area contributed by atoms with Gasteiger partial charge in [0.2, 0.25) is 5.91 Å². The normalized spacial score (nSPS) is 10.4. The summed E-state index contributed by atoms with van der Waals surface area (Å²) < 4.78 is 36.5. The number of ketones is 1. The molecule has 1 rings (SSSR count). The molecule has 106 valence electrons. The van der Waals surface area contributed by atoms with Gasteiger partial charge in [0, 0.05) is 31.0 Å². The van der Waals surface area contributed by atoms with Gasteiger partial charge < -0.3 is 5.32 Å². The maximum absolute atomic E-state index is 12.2. The Labute approximate surface area is 114 Å². The number of hydrogen-bond acceptors (Lipinski definition) is 2. The molecule has 0 spiro atoms. The molecule has 0 aliphatic carbocycles. The van der Waals surface area contributed by atoms with Crippen LogP contribution in [0.5, 0.6) is 0 Å². The molecule has 0 aliphatic heterocycles. The lowest BCUT2D eigenvalue weighted by atomic mass is 10.1. The van der Waals surface area contributed by atoms with E-state index in [0.29, 0.717) is 18.5 Å². The fraction of sp³-hybridized carbons (Fsp3) is 0.286. The molecule has 0 aliphatic rings. The van der Waals surface area contributed by atoms with Crippen molar-refractivity contribution in [3.63, 3.8) is 0 Å². The zero-order valence-corrected chi connectivity index (χ0v) is 10.7. The van der Waals surface area contributed by atoms with Crippen LogP contribution in [0.3, 0.4) is 0 Å². The highest BCUT2D eigenvalue weighted by Crippen LogP contribution is 2.21. The number of carbonyl (C=O) groups excluding carboxylic acids is 2. The lowest BCUT2D eigenvalue weighted by molar-refractivity contribution is -0.118. The topological polar surface area (TPSA) is 46.2 Å². The summed E-state index contributed by atoms with van der Waals surface area (Å²) in [5, 5.41) is 2.56. The van der Waals surface area contributed by atoms with E-state index in [0.717, 1.165) is 12.1 Å². The first-order valence-electron chi connectivity index (χ1n) is 5.75. The van der Waals surface area contributed by atoms with E-state index in [9.17, 15) is 22.8 Å². The van der Waals surface area contributed by atoms with Gasteiger partial charge in [-0.05, 0) is 24.3 Å². The first-order valence-corrected chi connectivity index (χ1v) is 5.75. The van der Waals surface area contributed by atoms with Crippen LogP contribution >= 0.6 is 0 Å². The molecule has 0 unspecified atom stereocenters. The first-order chi connectivity index (χ1) is 9.30. The van der Waals surface area contributed by atoms with Crippen molar-refractivity contribution in [3.8, 4) is 11.8 Å². The molecule has 3 nitrogen and oxygen atoms in total. The molecule has 0 atom stereocenters. The van der Waals surface area contributed by atoms with Crippen molar-refractivity contribution in [2.45, 2.75) is 19.5 Å². The number of amides is 1. The molecule has 0 bridgehead atoms. The molecule has 0 saturated heterocycles. The Morgan fingerprint density at radius 2 is 1.80 bits per heavy atom. The monoisotopic (exact) mass is 283 g/mol. The Morgan fingerprint density at radius 1 is 1.20 bits per heavy atom. The largest absolute Gasteiger partial charge is 0.454 e. The van der Waals surface area contributed by atoms with E-state index in [1.54, 1.807) is 0 Å². The van der Waals surface area contributed by atoms with E-state index in [-0.39, 0.29) is 5.91 Å². The third kappa shape index (κ3) is 5.14. The fourth-order valence-electron chi connectivity index (χ4n) is 1.33. The summed E-state index contributed by atoms with van der Waals surface area (Å²) in [4.78, 5) is 21.5. The zero-order valence-electron chi connectivity index (χ0n) is 10.7. The van der Waals surface area contributed by atoms with Gasteiger partial charge in [0.15, 0.2) is 0 Å². The van der Waals surface area contributed by atoms with Gasteiger partial charge in [0.25, 0.3) is 5.78 Å². The predicted molar refractivity (Wildman–Crippen MR) is 67.0 cm³/mol. The highest BCUT2D eigenvalue weighted by molar-refractivity contribution is 6.00. The van der Waals surface area contributed by atoms with E-state index < -0.39 is 17.5 Å². The minimum atomic E-state index is -4.87. The van der Waals surface area contributed by atoms with Crippen molar-refractivity contribution in [2.75, 3.05) is 6.54 Å². The molecule has 20 heavy (non-hydrogen) atoms. The lowest BCUT2D eigenvalue weighted by Crippen LogP contribution is -2.22. The predicted octanol–water partition coefficient (Wildman–Crippen LogP) is 2.31. The molecule has 1 N–H and O–H groups in total. The van der Waals surface area contributed by atoms with Crippen LogP contribution in [0.1, 0.15) is 29.3 Å². The van der Waals surface area contributed by atoms with Crippen LogP contribution in [0.15, 0.2) is 24.3 Å². The summed E-state index contributed by atoms with van der Waals surface area (Å²) in [5.74, 6) is 3.47. The summed E-state index contributed by atoms with van der Waals surface area (Å²) in [6.45, 7) is 1.80. The summed E-state index contributed by atoms with van der Waals surface area (Å²) in [7, 11) is 0. The maximum Gasteiger partial charge on any atom is 0.454 e. The summed E-state index contributed by atoms with van der Waals surface area (Å²) in [6.07, 6.45) is -4.44. The third-order valence-corrected chi connectivity index (χ3v) is 2.26. The summed E-state index contributed by atoms with van der Waals surface area (Å²) in [6, 6.07) is 4.88. The van der Waals surface area contributed by atoms with Crippen LogP contribution in [0.4, 0.5) is 13.2 Å². The van der Waals surface area contributed by atoms with E-state index in [2.05, 4.69) is 17.2 Å². The minimum Gasteiger partial charge on any atom is -0.355 e. The van der Waals surface area contributed by atoms with Gasteiger partial charge in [0.05, 0.1) is 0 Å². The van der Waals surface area contributed by atoms with Crippen molar-refractivity contribution in [1.82, 2.24) is 5.32 Å². The number of nitrogens with one attached hydrogen (secondary N) is 1. The SMILES string of the molecule is CC(=O)NCCC#Cc1ccc(C(=O)C(F)(F)F)cc1. The smallest absolute Gasteiger partial charge is 0.355 e. The molecule has 0 radical (unpaired) electrons. The molecular weight excluding hydrogens is 271 g/mol. The maximum atomic E-state index is 12.2. The van der Waals surface area contributed by atoms with Crippen LogP contribution in [-0.2, 0) is 4.79 Å². The lowest BCUT2D eigenvalue weighted by Gasteiger charge is -2.04. The van der Waals surface area contributed by atoms with Gasteiger partial charge in [-0.15, -0.1) is 0 Å². The average molecular weight is 283 g/mol. The fourth-order valence-corrected chi connectivity index (χ4v) is 1.33. The number of hydrogen-bond donors (Lipinski definition) is 1. The molecule has 0 heterocycles. The van der Waals surface area contributed by atoms with Gasteiger partial charge in [-0.2, -0.15) is 13.2 Å². The van der Waals surface area contributed by atoms with Crippen LogP contribution in [0, 0.1) is 11.8 Å². The van der Waals surface area contributed by atoms with Crippen LogP contribution in [0.25, 0.3) is 0 Å². The average Bonchev–Trinajstić information content (AvgIpc) is 2.37. The van der Waals surface area contributed by atoms with Crippen LogP contribution < -0.4 is 5.32 Å². The Bertz CT molecular complexity index is 551. The second-order valence-corrected chi connectivity index (χ2v) is 3.94. The van der Waals surface area contributed by atoms with Crippen LogP contribution in [-0.4, -0.2) is 24.4 Å². The Balaban J connectivity index is 2.62. The molecule has 1 aromatic carbocycles. The molecule has 1 aromatic rings. The molecule has 1 amide bonds. The van der Waals surface area contributed by atoms with E-state index in [1.165, 1.54) is 19.1 Å². The standard InChI is InChI=1S/C14H12F3NO2/c1-10(19)18-9-3-2-4-11-5-7-12(8-6-11)13(20)14(15,16)17/h5-8H,3,9H2,1H3,(H,18,19). The molecular formula is C14H12F3NO2. The first kappa shape index (κ1) is 15.8. The Kier molecular flexibility index (Phi) is 5.32. The summed E-state index contributed by atoms with van der Waals surface area (Å²) in [5.41, 5.74) is 0.0906. The van der Waals surface area contributed by atoms with E-state index >= 15 is 0 Å². The number of halogens is 3. The Hall–Kier alpha value is -2.29. The third-order valence-electron chi connectivity index (χ3n) is 2.26. The van der Waals surface area contributed by atoms with Crippen molar-refractivity contribution in [3.05, 3.63) is 35.4 Å². The highest BCUT2D eigenvalue weighted by atomic mass is 19.4. The highest BCUT2D eigenvalue weighted by Gasteiger charge is 2.39. The van der Waals surface area contributed by atoms with E-state index in [4.69, 9.17) is 0 Å². The molecule has 0 fully saturated rings. The number of benzene rings is 1. The zero-order chi connectivity index (χ0) is 15.2. The number of rotatable bonds is 3. The van der Waals surface area contributed by atoms with Crippen molar-refractivity contribution < 1.29 is 22.8 Å².